The second-order valence-corrected chi connectivity index (χ2v) is 8.82. The van der Waals surface area contributed by atoms with Crippen LogP contribution in [0.5, 0.6) is 0 Å². The van der Waals surface area contributed by atoms with Crippen LogP contribution in [0.15, 0.2) is 24.4 Å². The molecule has 2 aliphatic rings. The molecule has 8 nitrogen and oxygen atoms in total. The van der Waals surface area contributed by atoms with Gasteiger partial charge in [0.15, 0.2) is 11.6 Å². The highest BCUT2D eigenvalue weighted by Crippen LogP contribution is 2.35. The second kappa shape index (κ2) is 9.67. The maximum atomic E-state index is 14.7. The van der Waals surface area contributed by atoms with E-state index in [-0.39, 0.29) is 36.7 Å². The summed E-state index contributed by atoms with van der Waals surface area (Å²) in [4.78, 5) is 34.7. The Morgan fingerprint density at radius 2 is 2.00 bits per heavy atom. The maximum absolute atomic E-state index is 14.7. The van der Waals surface area contributed by atoms with Gasteiger partial charge in [0.05, 0.1) is 6.20 Å². The molecule has 2 fully saturated rings. The van der Waals surface area contributed by atoms with Crippen molar-refractivity contribution in [2.75, 3.05) is 36.4 Å². The topological polar surface area (TPSA) is 90.5 Å². The van der Waals surface area contributed by atoms with Crippen LogP contribution in [0.2, 0.25) is 0 Å². The highest BCUT2D eigenvalue weighted by molar-refractivity contribution is 5.96. The highest BCUT2D eigenvalue weighted by Gasteiger charge is 2.49. The molecule has 1 unspecified atom stereocenters. The van der Waals surface area contributed by atoms with Crippen molar-refractivity contribution >= 4 is 29.3 Å². The van der Waals surface area contributed by atoms with Crippen molar-refractivity contribution < 1.29 is 27.2 Å². The molecule has 2 saturated heterocycles. The molecule has 188 valence electrons. The van der Waals surface area contributed by atoms with Crippen molar-refractivity contribution in [2.45, 2.75) is 38.9 Å². The molecule has 0 spiro atoms. The highest BCUT2D eigenvalue weighted by atomic mass is 19.4. The summed E-state index contributed by atoms with van der Waals surface area (Å²) in [6, 6.07) is 4.40. The number of carbonyl (C=O) groups excluding carboxylic acids is 2. The van der Waals surface area contributed by atoms with Crippen molar-refractivity contribution in [2.24, 2.45) is 5.92 Å². The molecule has 0 radical (unpaired) electrons. The van der Waals surface area contributed by atoms with Gasteiger partial charge in [0.1, 0.15) is 0 Å². The minimum Gasteiger partial charge on any atom is -0.352 e. The number of amides is 2. The van der Waals surface area contributed by atoms with Crippen molar-refractivity contribution in [3.8, 4) is 0 Å². The largest absolute Gasteiger partial charge is 0.471 e. The van der Waals surface area contributed by atoms with Crippen LogP contribution in [0.3, 0.4) is 0 Å². The average molecular weight is 494 g/mol. The van der Waals surface area contributed by atoms with Gasteiger partial charge >= 0.3 is 12.1 Å². The molecule has 35 heavy (non-hydrogen) atoms. The molecule has 2 bridgehead atoms. The van der Waals surface area contributed by atoms with Crippen LogP contribution in [0.4, 0.5) is 35.0 Å². The zero-order chi connectivity index (χ0) is 25.3. The van der Waals surface area contributed by atoms with Gasteiger partial charge in [-0.15, -0.1) is 0 Å². The summed E-state index contributed by atoms with van der Waals surface area (Å²) in [7, 11) is 0. The lowest BCUT2D eigenvalue weighted by molar-refractivity contribution is -0.186. The number of rotatable bonds is 5. The Bertz CT molecular complexity index is 1130. The van der Waals surface area contributed by atoms with Crippen LogP contribution in [0.1, 0.15) is 35.7 Å². The summed E-state index contributed by atoms with van der Waals surface area (Å²) in [5.74, 6) is -2.77. The number of alkyl halides is 3. The van der Waals surface area contributed by atoms with E-state index >= 15 is 0 Å². The molecule has 2 atom stereocenters. The van der Waals surface area contributed by atoms with Gasteiger partial charge in [0.25, 0.3) is 5.91 Å². The first-order valence-electron chi connectivity index (χ1n) is 11.4. The Hall–Kier alpha value is -3.44. The van der Waals surface area contributed by atoms with Crippen LogP contribution >= 0.6 is 0 Å². The number of nitrogens with zero attached hydrogens (tertiary/aromatic N) is 4. The minimum absolute atomic E-state index is 0.0369. The maximum Gasteiger partial charge on any atom is 0.471 e. The number of nitrogens with one attached hydrogen (secondary N) is 2. The predicted molar refractivity (Wildman–Crippen MR) is 121 cm³/mol. The third-order valence-electron chi connectivity index (χ3n) is 6.33. The fourth-order valence-corrected chi connectivity index (χ4v) is 4.71. The number of carbonyl (C=O) groups is 2. The third-order valence-corrected chi connectivity index (χ3v) is 6.33. The second-order valence-electron chi connectivity index (χ2n) is 8.82. The molecule has 1 aromatic heterocycles. The fourth-order valence-electron chi connectivity index (χ4n) is 4.71. The number of aryl methyl sites for hydroxylation is 1. The van der Waals surface area contributed by atoms with E-state index < -0.39 is 23.9 Å². The molecule has 2 aromatic rings. The summed E-state index contributed by atoms with van der Waals surface area (Å²) in [6.07, 6.45) is -2.99. The van der Waals surface area contributed by atoms with Crippen molar-refractivity contribution in [1.29, 1.82) is 0 Å². The summed E-state index contributed by atoms with van der Waals surface area (Å²) in [5, 5.41) is 5.72. The van der Waals surface area contributed by atoms with Crippen LogP contribution < -0.4 is 15.5 Å². The smallest absolute Gasteiger partial charge is 0.352 e. The van der Waals surface area contributed by atoms with Gasteiger partial charge in [0, 0.05) is 43.5 Å². The van der Waals surface area contributed by atoms with E-state index in [1.54, 1.807) is 30.0 Å². The number of hydrogen-bond acceptors (Lipinski definition) is 6. The molecule has 2 amide bonds. The molecular formula is C23H26F4N6O2. The van der Waals surface area contributed by atoms with Crippen LogP contribution in [0.25, 0.3) is 0 Å². The van der Waals surface area contributed by atoms with Gasteiger partial charge in [0.2, 0.25) is 5.95 Å². The van der Waals surface area contributed by atoms with Crippen molar-refractivity contribution in [3.63, 3.8) is 0 Å². The quantitative estimate of drug-likeness (QED) is 0.620. The molecule has 2 N–H and O–H groups in total. The standard InChI is InChI=1S/C23H26F4N6O2/c1-3-28-20(34)17-5-4-15(8-13(17)2)30-22-29-10-18(24)19(31-22)32-7-6-14-9-16(12-32)33(11-14)21(35)23(25,26)27/h4-5,8,10,14,16H,3,6-7,9,11-12H2,1-2H3,(H,28,34)(H,29,30,31)/t14?,16-/m1/s1. The lowest BCUT2D eigenvalue weighted by atomic mass is 10.0. The zero-order valence-corrected chi connectivity index (χ0v) is 19.3. The Balaban J connectivity index is 1.52. The predicted octanol–water partition coefficient (Wildman–Crippen LogP) is 3.41. The number of aromatic nitrogens is 2. The van der Waals surface area contributed by atoms with E-state index in [0.717, 1.165) is 16.7 Å². The monoisotopic (exact) mass is 494 g/mol. The molecule has 2 aliphatic heterocycles. The number of benzene rings is 1. The van der Waals surface area contributed by atoms with Crippen molar-refractivity contribution in [1.82, 2.24) is 20.2 Å². The van der Waals surface area contributed by atoms with E-state index in [4.69, 9.17) is 0 Å². The first-order chi connectivity index (χ1) is 16.6. The first kappa shape index (κ1) is 24.7. The summed E-state index contributed by atoms with van der Waals surface area (Å²) in [6.45, 7) is 4.63. The molecule has 1 aromatic carbocycles. The number of hydrogen-bond donors (Lipinski definition) is 2. The minimum atomic E-state index is -4.95. The molecule has 0 saturated carbocycles. The van der Waals surface area contributed by atoms with Gasteiger partial charge in [-0.25, -0.2) is 9.37 Å². The fraction of sp³-hybridized carbons (Fsp3) is 0.478. The third kappa shape index (κ3) is 5.30. The van der Waals surface area contributed by atoms with Gasteiger partial charge in [-0.05, 0) is 56.4 Å². The lowest BCUT2D eigenvalue weighted by Gasteiger charge is -2.32. The first-order valence-corrected chi connectivity index (χ1v) is 11.4. The van der Waals surface area contributed by atoms with Crippen LogP contribution in [0, 0.1) is 18.7 Å². The Kier molecular flexibility index (Phi) is 6.82. The number of likely N-dealkylation sites (tertiary alicyclic amines) is 1. The molecule has 3 heterocycles. The van der Waals surface area contributed by atoms with E-state index in [0.29, 0.717) is 37.2 Å². The van der Waals surface area contributed by atoms with Crippen LogP contribution in [-0.4, -0.2) is 65.1 Å². The zero-order valence-electron chi connectivity index (χ0n) is 19.3. The van der Waals surface area contributed by atoms with Gasteiger partial charge in [-0.2, -0.15) is 18.2 Å². The summed E-state index contributed by atoms with van der Waals surface area (Å²) >= 11 is 0. The lowest BCUT2D eigenvalue weighted by Crippen LogP contribution is -2.49. The normalized spacial score (nSPS) is 19.9. The van der Waals surface area contributed by atoms with Gasteiger partial charge < -0.3 is 20.4 Å². The Labute approximate surface area is 199 Å². The van der Waals surface area contributed by atoms with E-state index in [1.807, 2.05) is 6.92 Å². The average Bonchev–Trinajstić information content (AvgIpc) is 3.06. The molecular weight excluding hydrogens is 468 g/mol. The Morgan fingerprint density at radius 3 is 2.69 bits per heavy atom. The summed E-state index contributed by atoms with van der Waals surface area (Å²) < 4.78 is 53.8. The van der Waals surface area contributed by atoms with Gasteiger partial charge in [-0.1, -0.05) is 0 Å². The van der Waals surface area contributed by atoms with E-state index in [2.05, 4.69) is 20.6 Å². The van der Waals surface area contributed by atoms with E-state index in [9.17, 15) is 27.2 Å². The summed E-state index contributed by atoms with van der Waals surface area (Å²) in [5.41, 5.74) is 1.84. The molecule has 12 heteroatoms. The molecule has 4 rings (SSSR count). The number of fused-ring (bicyclic) bond motifs is 2. The SMILES string of the molecule is CCNC(=O)c1ccc(Nc2ncc(F)c(N3CCC4C[C@H](C3)N(C(=O)C(F)(F)F)C4)n2)cc1C. The van der Waals surface area contributed by atoms with Gasteiger partial charge in [-0.3, -0.25) is 9.59 Å². The number of halogens is 4. The number of anilines is 3. The molecule has 0 aliphatic carbocycles. The van der Waals surface area contributed by atoms with Crippen molar-refractivity contribution in [3.05, 3.63) is 41.3 Å². The van der Waals surface area contributed by atoms with E-state index in [1.165, 1.54) is 0 Å². The Morgan fingerprint density at radius 1 is 1.23 bits per heavy atom. The van der Waals surface area contributed by atoms with Crippen LogP contribution in [-0.2, 0) is 4.79 Å².